The van der Waals surface area contributed by atoms with Crippen LogP contribution in [0, 0.1) is 6.92 Å². The van der Waals surface area contributed by atoms with Crippen LogP contribution in [0.15, 0.2) is 22.8 Å². The van der Waals surface area contributed by atoms with Crippen molar-refractivity contribution >= 4 is 11.0 Å². The zero-order valence-electron chi connectivity index (χ0n) is 10.6. The Kier molecular flexibility index (Phi) is 3.38. The molecule has 3 heteroatoms. The fraction of sp³-hybridized carbons (Fsp3) is 0.429. The van der Waals surface area contributed by atoms with E-state index in [4.69, 9.17) is 14.9 Å². The van der Waals surface area contributed by atoms with Gasteiger partial charge < -0.3 is 14.9 Å². The molecule has 17 heavy (non-hydrogen) atoms. The van der Waals surface area contributed by atoms with Crippen LogP contribution in [0.2, 0.25) is 0 Å². The summed E-state index contributed by atoms with van der Waals surface area (Å²) in [6.07, 6.45) is 3.51. The SMILES string of the molecule is CCC(N)Cc1cc(C)c(OC)c2ccoc12. The lowest BCUT2D eigenvalue weighted by molar-refractivity contribution is 0.416. The standard InChI is InChI=1S/C14H19NO2/c1-4-11(15)8-10-7-9(2)13(16-3)12-5-6-17-14(10)12/h5-7,11H,4,8,15H2,1-3H3. The minimum atomic E-state index is 0.177. The minimum Gasteiger partial charge on any atom is -0.496 e. The Balaban J connectivity index is 2.53. The first-order valence-electron chi connectivity index (χ1n) is 5.96. The molecule has 1 aromatic heterocycles. The third-order valence-electron chi connectivity index (χ3n) is 3.16. The van der Waals surface area contributed by atoms with E-state index in [2.05, 4.69) is 13.0 Å². The fourth-order valence-corrected chi connectivity index (χ4v) is 2.19. The molecule has 0 radical (unpaired) electrons. The third kappa shape index (κ3) is 2.15. The second-order valence-corrected chi connectivity index (χ2v) is 4.42. The maximum absolute atomic E-state index is 6.01. The molecule has 1 unspecified atom stereocenters. The third-order valence-corrected chi connectivity index (χ3v) is 3.16. The summed E-state index contributed by atoms with van der Waals surface area (Å²) in [5.41, 5.74) is 9.20. The summed E-state index contributed by atoms with van der Waals surface area (Å²) in [7, 11) is 1.69. The molecule has 0 amide bonds. The second-order valence-electron chi connectivity index (χ2n) is 4.42. The normalized spacial score (nSPS) is 12.9. The topological polar surface area (TPSA) is 48.4 Å². The van der Waals surface area contributed by atoms with Crippen molar-refractivity contribution in [2.75, 3.05) is 7.11 Å². The highest BCUT2D eigenvalue weighted by Crippen LogP contribution is 2.33. The van der Waals surface area contributed by atoms with E-state index in [0.29, 0.717) is 0 Å². The zero-order valence-corrected chi connectivity index (χ0v) is 10.6. The molecule has 0 saturated heterocycles. The molecule has 2 N–H and O–H groups in total. The number of hydrogen-bond donors (Lipinski definition) is 1. The Morgan fingerprint density at radius 3 is 2.88 bits per heavy atom. The Bertz CT molecular complexity index is 516. The van der Waals surface area contributed by atoms with Gasteiger partial charge in [0, 0.05) is 6.04 Å². The van der Waals surface area contributed by atoms with Crippen LogP contribution >= 0.6 is 0 Å². The molecule has 1 atom stereocenters. The van der Waals surface area contributed by atoms with Crippen molar-refractivity contribution in [3.63, 3.8) is 0 Å². The van der Waals surface area contributed by atoms with Gasteiger partial charge in [0.25, 0.3) is 0 Å². The molecular weight excluding hydrogens is 214 g/mol. The molecule has 0 aliphatic heterocycles. The second kappa shape index (κ2) is 4.80. The Hall–Kier alpha value is -1.48. The largest absolute Gasteiger partial charge is 0.496 e. The van der Waals surface area contributed by atoms with Gasteiger partial charge in [-0.2, -0.15) is 0 Å². The summed E-state index contributed by atoms with van der Waals surface area (Å²) in [5, 5.41) is 1.03. The average Bonchev–Trinajstić information content (AvgIpc) is 2.78. The van der Waals surface area contributed by atoms with Crippen molar-refractivity contribution in [1.82, 2.24) is 0 Å². The number of methoxy groups -OCH3 is 1. The smallest absolute Gasteiger partial charge is 0.140 e. The summed E-state index contributed by atoms with van der Waals surface area (Å²) in [6, 6.07) is 4.23. The minimum absolute atomic E-state index is 0.177. The fourth-order valence-electron chi connectivity index (χ4n) is 2.19. The monoisotopic (exact) mass is 233 g/mol. The molecule has 0 aliphatic carbocycles. The Morgan fingerprint density at radius 1 is 1.47 bits per heavy atom. The van der Waals surface area contributed by atoms with Crippen molar-refractivity contribution in [3.8, 4) is 5.75 Å². The van der Waals surface area contributed by atoms with Gasteiger partial charge in [0.05, 0.1) is 18.8 Å². The van der Waals surface area contributed by atoms with Crippen LogP contribution < -0.4 is 10.5 Å². The molecule has 92 valence electrons. The molecule has 0 spiro atoms. The highest BCUT2D eigenvalue weighted by atomic mass is 16.5. The highest BCUT2D eigenvalue weighted by molar-refractivity contribution is 5.88. The van der Waals surface area contributed by atoms with E-state index < -0.39 is 0 Å². The summed E-state index contributed by atoms with van der Waals surface area (Å²) in [5.74, 6) is 0.891. The van der Waals surface area contributed by atoms with Gasteiger partial charge in [-0.25, -0.2) is 0 Å². The van der Waals surface area contributed by atoms with Crippen LogP contribution in [0.4, 0.5) is 0 Å². The van der Waals surface area contributed by atoms with Gasteiger partial charge in [-0.3, -0.25) is 0 Å². The van der Waals surface area contributed by atoms with Gasteiger partial charge in [-0.1, -0.05) is 6.92 Å². The summed E-state index contributed by atoms with van der Waals surface area (Å²) in [4.78, 5) is 0. The van der Waals surface area contributed by atoms with Crippen molar-refractivity contribution in [3.05, 3.63) is 29.5 Å². The van der Waals surface area contributed by atoms with Gasteiger partial charge in [0.1, 0.15) is 11.3 Å². The Morgan fingerprint density at radius 2 is 2.24 bits per heavy atom. The predicted molar refractivity (Wildman–Crippen MR) is 69.5 cm³/mol. The molecule has 2 rings (SSSR count). The van der Waals surface area contributed by atoms with Gasteiger partial charge in [0.2, 0.25) is 0 Å². The lowest BCUT2D eigenvalue weighted by Gasteiger charge is -2.12. The maximum atomic E-state index is 6.01. The summed E-state index contributed by atoms with van der Waals surface area (Å²) in [6.45, 7) is 4.15. The van der Waals surface area contributed by atoms with Crippen LogP contribution in [0.1, 0.15) is 24.5 Å². The molecule has 3 nitrogen and oxygen atoms in total. The molecule has 1 heterocycles. The van der Waals surface area contributed by atoms with E-state index in [9.17, 15) is 0 Å². The molecule has 1 aromatic carbocycles. The number of fused-ring (bicyclic) bond motifs is 1. The number of furan rings is 1. The van der Waals surface area contributed by atoms with Crippen LogP contribution in [0.5, 0.6) is 5.75 Å². The molecule has 2 aromatic rings. The van der Waals surface area contributed by atoms with E-state index in [1.807, 2.05) is 13.0 Å². The van der Waals surface area contributed by atoms with Gasteiger partial charge in [-0.15, -0.1) is 0 Å². The molecular formula is C14H19NO2. The van der Waals surface area contributed by atoms with Crippen molar-refractivity contribution < 1.29 is 9.15 Å². The quantitative estimate of drug-likeness (QED) is 0.883. The van der Waals surface area contributed by atoms with Crippen LogP contribution in [0.3, 0.4) is 0 Å². The van der Waals surface area contributed by atoms with Crippen LogP contribution in [-0.4, -0.2) is 13.2 Å². The first-order chi connectivity index (χ1) is 8.17. The number of nitrogens with two attached hydrogens (primary N) is 1. The van der Waals surface area contributed by atoms with E-state index in [1.54, 1.807) is 13.4 Å². The van der Waals surface area contributed by atoms with Gasteiger partial charge in [0.15, 0.2) is 0 Å². The number of ether oxygens (including phenoxy) is 1. The first-order valence-corrected chi connectivity index (χ1v) is 5.96. The lowest BCUT2D eigenvalue weighted by Crippen LogP contribution is -2.21. The lowest BCUT2D eigenvalue weighted by atomic mass is 9.99. The number of aryl methyl sites for hydroxylation is 1. The van der Waals surface area contributed by atoms with E-state index >= 15 is 0 Å². The molecule has 0 saturated carbocycles. The number of hydrogen-bond acceptors (Lipinski definition) is 3. The maximum Gasteiger partial charge on any atom is 0.140 e. The molecule has 0 fully saturated rings. The number of benzene rings is 1. The first kappa shape index (κ1) is 12.0. The summed E-state index contributed by atoms with van der Waals surface area (Å²) >= 11 is 0. The van der Waals surface area contributed by atoms with Crippen LogP contribution in [0.25, 0.3) is 11.0 Å². The van der Waals surface area contributed by atoms with Crippen LogP contribution in [-0.2, 0) is 6.42 Å². The summed E-state index contributed by atoms with van der Waals surface area (Å²) < 4.78 is 11.0. The van der Waals surface area contributed by atoms with Crippen molar-refractivity contribution in [1.29, 1.82) is 0 Å². The highest BCUT2D eigenvalue weighted by Gasteiger charge is 2.14. The van der Waals surface area contributed by atoms with Gasteiger partial charge >= 0.3 is 0 Å². The van der Waals surface area contributed by atoms with E-state index in [-0.39, 0.29) is 6.04 Å². The van der Waals surface area contributed by atoms with E-state index in [1.165, 1.54) is 0 Å². The predicted octanol–water partition coefficient (Wildman–Crippen LogP) is 3.03. The molecule has 0 aliphatic rings. The van der Waals surface area contributed by atoms with Crippen molar-refractivity contribution in [2.24, 2.45) is 5.73 Å². The van der Waals surface area contributed by atoms with E-state index in [0.717, 1.165) is 40.7 Å². The zero-order chi connectivity index (χ0) is 12.4. The number of rotatable bonds is 4. The van der Waals surface area contributed by atoms with Crippen molar-refractivity contribution in [2.45, 2.75) is 32.7 Å². The Labute approximate surface area is 102 Å². The molecule has 0 bridgehead atoms. The average molecular weight is 233 g/mol. The van der Waals surface area contributed by atoms with Gasteiger partial charge in [-0.05, 0) is 43.0 Å².